The van der Waals surface area contributed by atoms with Gasteiger partial charge in [0, 0.05) is 0 Å². The Kier molecular flexibility index (Phi) is 9.79. The third kappa shape index (κ3) is 12.9. The van der Waals surface area contributed by atoms with Crippen molar-refractivity contribution in [2.24, 2.45) is 26.4 Å². The molecule has 0 aliphatic heterocycles. The van der Waals surface area contributed by atoms with Gasteiger partial charge >= 0.3 is 0 Å². The lowest BCUT2D eigenvalue weighted by atomic mass is 10.1. The van der Waals surface area contributed by atoms with Crippen LogP contribution in [-0.4, -0.2) is 23.2 Å². The molecule has 1 atom stereocenters. The van der Waals surface area contributed by atoms with Gasteiger partial charge in [-0.2, -0.15) is 41.5 Å². The molecule has 0 aliphatic rings. The Morgan fingerprint density at radius 1 is 0.708 bits per heavy atom. The van der Waals surface area contributed by atoms with E-state index in [4.69, 9.17) is 21.0 Å². The summed E-state index contributed by atoms with van der Waals surface area (Å²) in [5.41, 5.74) is -2.45. The maximum atomic E-state index is 8.58. The molecule has 0 N–H and O–H groups in total. The second kappa shape index (κ2) is 10.0. The maximum Gasteiger partial charge on any atom is 0.162 e. The quantitative estimate of drug-likeness (QED) is 0.703. The summed E-state index contributed by atoms with van der Waals surface area (Å²) in [6.45, 7) is 12.0. The first kappa shape index (κ1) is 23.4. The number of hydrogen-bond donors (Lipinski definition) is 0. The fraction of sp³-hybridized carbons (Fsp3) is 0.750. The molecule has 0 aromatic rings. The molecule has 0 spiro atoms. The van der Waals surface area contributed by atoms with Gasteiger partial charge in [0.2, 0.25) is 0 Å². The van der Waals surface area contributed by atoms with E-state index in [-0.39, 0.29) is 5.92 Å². The Labute approximate surface area is 144 Å². The standard InChI is InChI=1S/2C8H12N4/c1-7(4-9)5-11-12-8(2,3)6-10;1-7(2,5-9)11-12-8(3,4)6-10/h7H,5H2,1-3H3;1-4H3. The molecule has 128 valence electrons. The molecule has 0 rings (SSSR count). The Morgan fingerprint density at radius 3 is 1.33 bits per heavy atom. The molecular formula is C16H24N8. The molecular weight excluding hydrogens is 304 g/mol. The third-order valence-corrected chi connectivity index (χ3v) is 2.27. The van der Waals surface area contributed by atoms with Crippen LogP contribution in [0.5, 0.6) is 0 Å². The fourth-order valence-corrected chi connectivity index (χ4v) is 0.698. The van der Waals surface area contributed by atoms with Crippen LogP contribution in [0.4, 0.5) is 0 Å². The van der Waals surface area contributed by atoms with Crippen molar-refractivity contribution >= 4 is 0 Å². The van der Waals surface area contributed by atoms with Crippen LogP contribution in [0.1, 0.15) is 48.5 Å². The molecule has 0 radical (unpaired) electrons. The molecule has 0 aliphatic carbocycles. The van der Waals surface area contributed by atoms with E-state index >= 15 is 0 Å². The Bertz CT molecular complexity index is 586. The number of rotatable bonds is 5. The van der Waals surface area contributed by atoms with Gasteiger partial charge < -0.3 is 0 Å². The third-order valence-electron chi connectivity index (χ3n) is 2.27. The lowest BCUT2D eigenvalue weighted by molar-refractivity contribution is 0.541. The lowest BCUT2D eigenvalue weighted by Crippen LogP contribution is -2.17. The van der Waals surface area contributed by atoms with Crippen molar-refractivity contribution in [3.05, 3.63) is 0 Å². The first-order valence-electron chi connectivity index (χ1n) is 7.31. The highest BCUT2D eigenvalue weighted by atomic mass is 15.2. The van der Waals surface area contributed by atoms with E-state index < -0.39 is 16.6 Å². The van der Waals surface area contributed by atoms with E-state index in [1.807, 2.05) is 24.3 Å². The number of hydrogen-bond acceptors (Lipinski definition) is 8. The Morgan fingerprint density at radius 2 is 1.04 bits per heavy atom. The van der Waals surface area contributed by atoms with Gasteiger partial charge in [-0.1, -0.05) is 0 Å². The van der Waals surface area contributed by atoms with Crippen LogP contribution in [0.25, 0.3) is 0 Å². The molecule has 0 aromatic carbocycles. The summed E-state index contributed by atoms with van der Waals surface area (Å²) in [6.07, 6.45) is 0. The highest BCUT2D eigenvalue weighted by Gasteiger charge is 2.19. The average molecular weight is 328 g/mol. The van der Waals surface area contributed by atoms with Crippen molar-refractivity contribution in [1.82, 2.24) is 0 Å². The molecule has 0 fully saturated rings. The summed E-state index contributed by atoms with van der Waals surface area (Å²) >= 11 is 0. The predicted octanol–water partition coefficient (Wildman–Crippen LogP) is 3.94. The van der Waals surface area contributed by atoms with E-state index in [2.05, 4.69) is 20.5 Å². The van der Waals surface area contributed by atoms with Crippen molar-refractivity contribution in [3.8, 4) is 24.3 Å². The number of nitrogens with zero attached hydrogens (tertiary/aromatic N) is 8. The monoisotopic (exact) mass is 328 g/mol. The smallest absolute Gasteiger partial charge is 0.162 e. The molecule has 8 nitrogen and oxygen atoms in total. The summed E-state index contributed by atoms with van der Waals surface area (Å²) in [6, 6.07) is 7.96. The van der Waals surface area contributed by atoms with Crippen LogP contribution in [0.15, 0.2) is 20.5 Å². The van der Waals surface area contributed by atoms with Gasteiger partial charge in [-0.05, 0) is 48.5 Å². The largest absolute Gasteiger partial charge is 0.198 e. The van der Waals surface area contributed by atoms with Crippen molar-refractivity contribution in [1.29, 1.82) is 21.0 Å². The van der Waals surface area contributed by atoms with Crippen LogP contribution in [0.2, 0.25) is 0 Å². The Hall–Kier alpha value is -2.84. The van der Waals surface area contributed by atoms with Crippen LogP contribution >= 0.6 is 0 Å². The normalized spacial score (nSPS) is 13.1. The minimum absolute atomic E-state index is 0.136. The molecule has 0 saturated carbocycles. The molecule has 0 amide bonds. The minimum atomic E-state index is -0.839. The van der Waals surface area contributed by atoms with E-state index in [1.54, 1.807) is 48.5 Å². The van der Waals surface area contributed by atoms with Gasteiger partial charge in [-0.15, -0.1) is 0 Å². The summed E-state index contributed by atoms with van der Waals surface area (Å²) in [4.78, 5) is 0. The van der Waals surface area contributed by atoms with Gasteiger partial charge in [0.1, 0.15) is 0 Å². The van der Waals surface area contributed by atoms with Gasteiger partial charge in [0.15, 0.2) is 16.6 Å². The van der Waals surface area contributed by atoms with Crippen LogP contribution < -0.4 is 0 Å². The SMILES string of the molecule is CC(C#N)CN=NC(C)(C)C#N.CC(C)(C#N)N=NC(C)(C)C#N. The van der Waals surface area contributed by atoms with Crippen molar-refractivity contribution in [2.75, 3.05) is 6.54 Å². The molecule has 1 unspecified atom stereocenters. The molecule has 24 heavy (non-hydrogen) atoms. The van der Waals surface area contributed by atoms with Crippen molar-refractivity contribution in [3.63, 3.8) is 0 Å². The zero-order chi connectivity index (χ0) is 19.4. The Balaban J connectivity index is 0. The van der Waals surface area contributed by atoms with E-state index in [1.165, 1.54) is 0 Å². The molecule has 0 bridgehead atoms. The maximum absolute atomic E-state index is 8.58. The average Bonchev–Trinajstić information content (AvgIpc) is 2.53. The van der Waals surface area contributed by atoms with Crippen molar-refractivity contribution < 1.29 is 0 Å². The van der Waals surface area contributed by atoms with E-state index in [0.717, 1.165) is 0 Å². The highest BCUT2D eigenvalue weighted by Crippen LogP contribution is 2.13. The second-order valence-electron chi connectivity index (χ2n) is 6.67. The lowest BCUT2D eigenvalue weighted by Gasteiger charge is -2.11. The van der Waals surface area contributed by atoms with Crippen molar-refractivity contribution in [2.45, 2.75) is 65.1 Å². The van der Waals surface area contributed by atoms with E-state index in [9.17, 15) is 0 Å². The first-order valence-corrected chi connectivity index (χ1v) is 7.31. The molecule has 8 heteroatoms. The van der Waals surface area contributed by atoms with Gasteiger partial charge in [-0.3, -0.25) is 0 Å². The van der Waals surface area contributed by atoms with Crippen LogP contribution in [0.3, 0.4) is 0 Å². The summed E-state index contributed by atoms with van der Waals surface area (Å²) < 4.78 is 0. The van der Waals surface area contributed by atoms with Crippen LogP contribution in [-0.2, 0) is 0 Å². The van der Waals surface area contributed by atoms with Gasteiger partial charge in [-0.25, -0.2) is 0 Å². The molecule has 0 saturated heterocycles. The number of nitriles is 4. The predicted molar refractivity (Wildman–Crippen MR) is 88.4 cm³/mol. The van der Waals surface area contributed by atoms with E-state index in [0.29, 0.717) is 6.54 Å². The summed E-state index contributed by atoms with van der Waals surface area (Å²) in [5.74, 6) is -0.136. The summed E-state index contributed by atoms with van der Waals surface area (Å²) in [5, 5.41) is 49.2. The van der Waals surface area contributed by atoms with Gasteiger partial charge in [0.25, 0.3) is 0 Å². The van der Waals surface area contributed by atoms with Gasteiger partial charge in [0.05, 0.1) is 36.7 Å². The summed E-state index contributed by atoms with van der Waals surface area (Å²) in [7, 11) is 0. The highest BCUT2D eigenvalue weighted by molar-refractivity contribution is 5.03. The zero-order valence-electron chi connectivity index (χ0n) is 15.4. The topological polar surface area (TPSA) is 145 Å². The zero-order valence-corrected chi connectivity index (χ0v) is 15.4. The second-order valence-corrected chi connectivity index (χ2v) is 6.67. The van der Waals surface area contributed by atoms with Crippen LogP contribution in [0, 0.1) is 51.2 Å². The first-order chi connectivity index (χ1) is 10.8. The fourth-order valence-electron chi connectivity index (χ4n) is 0.698. The molecule has 0 heterocycles. The number of azo groups is 2. The minimum Gasteiger partial charge on any atom is -0.198 e. The molecule has 0 aromatic heterocycles.